The minimum Gasteiger partial charge on any atom is -0.394 e. The van der Waals surface area contributed by atoms with Crippen LogP contribution in [0, 0.1) is 19.8 Å². The number of aliphatic hydroxyl groups excluding tert-OH is 1. The zero-order chi connectivity index (χ0) is 13.4. The molecule has 4 nitrogen and oxygen atoms in total. The Morgan fingerprint density at radius 1 is 1.44 bits per heavy atom. The van der Waals surface area contributed by atoms with Gasteiger partial charge in [-0.25, -0.2) is 4.98 Å². The molecule has 0 saturated carbocycles. The van der Waals surface area contributed by atoms with Crippen LogP contribution in [0.5, 0.6) is 0 Å². The van der Waals surface area contributed by atoms with Gasteiger partial charge in [0, 0.05) is 4.88 Å². The van der Waals surface area contributed by atoms with Gasteiger partial charge in [0.2, 0.25) is 0 Å². The summed E-state index contributed by atoms with van der Waals surface area (Å²) in [6.45, 7) is 7.88. The minimum absolute atomic E-state index is 0.0467. The molecule has 0 amide bonds. The molecule has 0 aromatic carbocycles. The van der Waals surface area contributed by atoms with Crippen molar-refractivity contribution in [2.24, 2.45) is 5.92 Å². The van der Waals surface area contributed by atoms with E-state index in [2.05, 4.69) is 4.98 Å². The van der Waals surface area contributed by atoms with Crippen LogP contribution >= 0.6 is 11.3 Å². The molecule has 2 rings (SSSR count). The highest BCUT2D eigenvalue weighted by molar-refractivity contribution is 7.18. The topological polar surface area (TPSA) is 55.1 Å². The first kappa shape index (κ1) is 13.2. The maximum atomic E-state index is 12.5. The van der Waals surface area contributed by atoms with Gasteiger partial charge in [-0.15, -0.1) is 11.3 Å². The summed E-state index contributed by atoms with van der Waals surface area (Å²) in [5.41, 5.74) is 0.955. The molecule has 98 valence electrons. The summed E-state index contributed by atoms with van der Waals surface area (Å²) < 4.78 is 1.56. The Morgan fingerprint density at radius 3 is 2.67 bits per heavy atom. The van der Waals surface area contributed by atoms with Crippen LogP contribution < -0.4 is 5.56 Å². The van der Waals surface area contributed by atoms with Gasteiger partial charge in [-0.05, 0) is 25.3 Å². The van der Waals surface area contributed by atoms with Crippen molar-refractivity contribution >= 4 is 21.6 Å². The first-order valence-corrected chi connectivity index (χ1v) is 6.86. The Hall–Kier alpha value is -1.20. The summed E-state index contributed by atoms with van der Waals surface area (Å²) >= 11 is 1.54. The third kappa shape index (κ3) is 1.97. The van der Waals surface area contributed by atoms with Gasteiger partial charge in [-0.2, -0.15) is 0 Å². The standard InChI is InChI=1S/C13H18N2O2S/c1-7(2)10(5-16)15-6-14-12-11(13(15)17)8(3)9(4)18-12/h6-7,10,16H,5H2,1-4H3/t10-/m1/s1. The highest BCUT2D eigenvalue weighted by atomic mass is 32.1. The lowest BCUT2D eigenvalue weighted by Gasteiger charge is -2.20. The average Bonchev–Trinajstić information content (AvgIpc) is 2.59. The molecule has 18 heavy (non-hydrogen) atoms. The maximum Gasteiger partial charge on any atom is 0.262 e. The number of aryl methyl sites for hydroxylation is 2. The normalized spacial score (nSPS) is 13.4. The van der Waals surface area contributed by atoms with Gasteiger partial charge in [0.1, 0.15) is 4.83 Å². The molecule has 2 heterocycles. The van der Waals surface area contributed by atoms with E-state index in [0.717, 1.165) is 15.3 Å². The number of aromatic nitrogens is 2. The number of fused-ring (bicyclic) bond motifs is 1. The maximum absolute atomic E-state index is 12.5. The molecule has 1 atom stereocenters. The number of thiophene rings is 1. The predicted octanol–water partition coefficient (Wildman–Crippen LogP) is 2.26. The van der Waals surface area contributed by atoms with Crippen molar-refractivity contribution in [1.29, 1.82) is 0 Å². The second-order valence-corrected chi connectivity index (χ2v) is 6.12. The fraction of sp³-hybridized carbons (Fsp3) is 0.538. The molecule has 0 saturated heterocycles. The van der Waals surface area contributed by atoms with Crippen molar-refractivity contribution in [2.75, 3.05) is 6.61 Å². The summed E-state index contributed by atoms with van der Waals surface area (Å²) in [4.78, 5) is 18.7. The zero-order valence-corrected chi connectivity index (χ0v) is 11.9. The number of rotatable bonds is 3. The van der Waals surface area contributed by atoms with Gasteiger partial charge < -0.3 is 5.11 Å². The predicted molar refractivity (Wildman–Crippen MR) is 74.3 cm³/mol. The Balaban J connectivity index is 2.71. The first-order valence-electron chi connectivity index (χ1n) is 6.05. The lowest BCUT2D eigenvalue weighted by molar-refractivity contribution is 0.189. The number of hydrogen-bond donors (Lipinski definition) is 1. The molecule has 5 heteroatoms. The second-order valence-electron chi connectivity index (χ2n) is 4.91. The van der Waals surface area contributed by atoms with Gasteiger partial charge in [0.25, 0.3) is 5.56 Å². The Morgan fingerprint density at radius 2 is 2.11 bits per heavy atom. The van der Waals surface area contributed by atoms with E-state index in [1.54, 1.807) is 22.2 Å². The van der Waals surface area contributed by atoms with Crippen molar-refractivity contribution in [3.63, 3.8) is 0 Å². The highest BCUT2D eigenvalue weighted by Gasteiger charge is 2.19. The molecule has 1 N–H and O–H groups in total. The highest BCUT2D eigenvalue weighted by Crippen LogP contribution is 2.26. The summed E-state index contributed by atoms with van der Waals surface area (Å²) in [5, 5.41) is 10.1. The Kier molecular flexibility index (Phi) is 3.54. The van der Waals surface area contributed by atoms with E-state index in [0.29, 0.717) is 5.39 Å². The van der Waals surface area contributed by atoms with Crippen molar-refractivity contribution < 1.29 is 5.11 Å². The molecule has 0 aliphatic carbocycles. The van der Waals surface area contributed by atoms with Crippen LogP contribution in [0.15, 0.2) is 11.1 Å². The Labute approximate surface area is 110 Å². The fourth-order valence-electron chi connectivity index (χ4n) is 2.10. The molecular formula is C13H18N2O2S. The Bertz CT molecular complexity index is 628. The summed E-state index contributed by atoms with van der Waals surface area (Å²) in [7, 11) is 0. The van der Waals surface area contributed by atoms with E-state index in [1.807, 2.05) is 27.7 Å². The number of aliphatic hydroxyl groups is 1. The molecule has 0 aliphatic heterocycles. The quantitative estimate of drug-likeness (QED) is 0.927. The fourth-order valence-corrected chi connectivity index (χ4v) is 3.09. The van der Waals surface area contributed by atoms with Crippen LogP contribution in [0.25, 0.3) is 10.2 Å². The average molecular weight is 266 g/mol. The second kappa shape index (κ2) is 4.82. The van der Waals surface area contributed by atoms with Crippen LogP contribution in [0.3, 0.4) is 0 Å². The molecule has 0 aliphatic rings. The molecular weight excluding hydrogens is 248 g/mol. The molecule has 0 bridgehead atoms. The van der Waals surface area contributed by atoms with Crippen molar-refractivity contribution in [2.45, 2.75) is 33.7 Å². The van der Waals surface area contributed by atoms with Crippen LogP contribution in [-0.4, -0.2) is 21.3 Å². The summed E-state index contributed by atoms with van der Waals surface area (Å²) in [6, 6.07) is -0.214. The van der Waals surface area contributed by atoms with Crippen LogP contribution in [0.1, 0.15) is 30.3 Å². The summed E-state index contributed by atoms with van der Waals surface area (Å²) in [6.07, 6.45) is 1.56. The van der Waals surface area contributed by atoms with Crippen molar-refractivity contribution in [3.8, 4) is 0 Å². The third-order valence-corrected chi connectivity index (χ3v) is 4.54. The van der Waals surface area contributed by atoms with E-state index < -0.39 is 0 Å². The molecule has 0 radical (unpaired) electrons. The lowest BCUT2D eigenvalue weighted by atomic mass is 10.1. The molecule has 0 unspecified atom stereocenters. The number of hydrogen-bond acceptors (Lipinski definition) is 4. The summed E-state index contributed by atoms with van der Waals surface area (Å²) in [5.74, 6) is 0.187. The molecule has 2 aromatic rings. The van der Waals surface area contributed by atoms with Gasteiger partial charge in [-0.1, -0.05) is 13.8 Å². The minimum atomic E-state index is -0.214. The van der Waals surface area contributed by atoms with E-state index in [1.165, 1.54) is 0 Å². The van der Waals surface area contributed by atoms with Crippen molar-refractivity contribution in [1.82, 2.24) is 9.55 Å². The molecule has 0 fully saturated rings. The first-order chi connectivity index (χ1) is 8.47. The van der Waals surface area contributed by atoms with E-state index in [4.69, 9.17) is 0 Å². The zero-order valence-electron chi connectivity index (χ0n) is 11.1. The van der Waals surface area contributed by atoms with Gasteiger partial charge >= 0.3 is 0 Å². The SMILES string of the molecule is Cc1sc2ncn([C@H](CO)C(C)C)c(=O)c2c1C. The van der Waals surface area contributed by atoms with Gasteiger partial charge in [0.15, 0.2) is 0 Å². The van der Waals surface area contributed by atoms with E-state index in [9.17, 15) is 9.90 Å². The monoisotopic (exact) mass is 266 g/mol. The van der Waals surface area contributed by atoms with Crippen molar-refractivity contribution in [3.05, 3.63) is 27.1 Å². The van der Waals surface area contributed by atoms with Gasteiger partial charge in [0.05, 0.1) is 24.4 Å². The van der Waals surface area contributed by atoms with Crippen LogP contribution in [-0.2, 0) is 0 Å². The van der Waals surface area contributed by atoms with E-state index in [-0.39, 0.29) is 24.1 Å². The van der Waals surface area contributed by atoms with E-state index >= 15 is 0 Å². The van der Waals surface area contributed by atoms with Crippen LogP contribution in [0.2, 0.25) is 0 Å². The van der Waals surface area contributed by atoms with Crippen LogP contribution in [0.4, 0.5) is 0 Å². The third-order valence-electron chi connectivity index (χ3n) is 3.43. The smallest absolute Gasteiger partial charge is 0.262 e. The molecule has 2 aromatic heterocycles. The lowest BCUT2D eigenvalue weighted by Crippen LogP contribution is -2.30. The van der Waals surface area contributed by atoms with Gasteiger partial charge in [-0.3, -0.25) is 9.36 Å². The largest absolute Gasteiger partial charge is 0.394 e. The number of nitrogens with zero attached hydrogens (tertiary/aromatic N) is 2. The molecule has 0 spiro atoms.